The van der Waals surface area contributed by atoms with Crippen LogP contribution in [0, 0.1) is 12.7 Å². The summed E-state index contributed by atoms with van der Waals surface area (Å²) in [6.45, 7) is 5.06. The molecular formula is C28H27FN4O2. The fraction of sp³-hybridized carbons (Fsp3) is 0.286. The summed E-state index contributed by atoms with van der Waals surface area (Å²) in [5.41, 5.74) is 5.58. The standard InChI is InChI=1S/C28H27FN4O2/c1-18-25(15-20(16-26(18)29)28(34)31-22-3-4-22)19-2-9-27-21(14-19)17-30-33(27)24-7-5-23(6-8-24)32-10-12-35-13-11-32/h2,5-9,14-17,22H,3-4,10-13H2,1H3,(H,31,34). The van der Waals surface area contributed by atoms with E-state index in [4.69, 9.17) is 4.74 Å². The number of fused-ring (bicyclic) bond motifs is 1. The number of nitrogens with one attached hydrogen (secondary N) is 1. The fourth-order valence-corrected chi connectivity index (χ4v) is 4.64. The monoisotopic (exact) mass is 470 g/mol. The SMILES string of the molecule is Cc1c(F)cc(C(=O)NC2CC2)cc1-c1ccc2c(cnn2-c2ccc(N3CCOCC3)cc2)c1. The molecule has 178 valence electrons. The van der Waals surface area contributed by atoms with Crippen LogP contribution in [-0.2, 0) is 4.74 Å². The Balaban J connectivity index is 1.31. The van der Waals surface area contributed by atoms with Gasteiger partial charge in [-0.25, -0.2) is 9.07 Å². The van der Waals surface area contributed by atoms with Gasteiger partial charge in [0.2, 0.25) is 0 Å². The zero-order valence-corrected chi connectivity index (χ0v) is 19.6. The molecule has 2 fully saturated rings. The number of carbonyl (C=O) groups is 1. The van der Waals surface area contributed by atoms with Gasteiger partial charge in [0.15, 0.2) is 0 Å². The molecule has 0 unspecified atom stereocenters. The number of halogens is 1. The molecule has 0 spiro atoms. The molecule has 2 aliphatic rings. The van der Waals surface area contributed by atoms with E-state index in [0.717, 1.165) is 66.9 Å². The number of nitrogens with zero attached hydrogens (tertiary/aromatic N) is 3. The number of hydrogen-bond acceptors (Lipinski definition) is 4. The number of rotatable bonds is 5. The van der Waals surface area contributed by atoms with E-state index in [2.05, 4.69) is 39.6 Å². The van der Waals surface area contributed by atoms with Crippen molar-refractivity contribution in [3.05, 3.63) is 77.7 Å². The highest BCUT2D eigenvalue weighted by Crippen LogP contribution is 2.31. The van der Waals surface area contributed by atoms with Gasteiger partial charge in [0, 0.05) is 35.8 Å². The van der Waals surface area contributed by atoms with Crippen LogP contribution in [0.1, 0.15) is 28.8 Å². The molecule has 6 nitrogen and oxygen atoms in total. The van der Waals surface area contributed by atoms with Crippen LogP contribution in [0.5, 0.6) is 0 Å². The number of aromatic nitrogens is 2. The summed E-state index contributed by atoms with van der Waals surface area (Å²) in [7, 11) is 0. The van der Waals surface area contributed by atoms with Gasteiger partial charge in [0.25, 0.3) is 5.91 Å². The van der Waals surface area contributed by atoms with Crippen LogP contribution < -0.4 is 10.2 Å². The van der Waals surface area contributed by atoms with Crippen molar-refractivity contribution < 1.29 is 13.9 Å². The summed E-state index contributed by atoms with van der Waals surface area (Å²) in [5.74, 6) is -0.596. The van der Waals surface area contributed by atoms with Crippen LogP contribution in [0.2, 0.25) is 0 Å². The van der Waals surface area contributed by atoms with Gasteiger partial charge in [-0.1, -0.05) is 6.07 Å². The molecule has 7 heteroatoms. The molecule has 1 amide bonds. The summed E-state index contributed by atoms with van der Waals surface area (Å²) >= 11 is 0. The molecule has 6 rings (SSSR count). The number of carbonyl (C=O) groups excluding carboxylic acids is 1. The van der Waals surface area contributed by atoms with E-state index >= 15 is 0 Å². The highest BCUT2D eigenvalue weighted by molar-refractivity contribution is 5.96. The summed E-state index contributed by atoms with van der Waals surface area (Å²) in [6.07, 6.45) is 3.80. The lowest BCUT2D eigenvalue weighted by Gasteiger charge is -2.28. The largest absolute Gasteiger partial charge is 0.378 e. The van der Waals surface area contributed by atoms with Gasteiger partial charge in [0.1, 0.15) is 5.82 Å². The predicted octanol–water partition coefficient (Wildman–Crippen LogP) is 4.87. The summed E-state index contributed by atoms with van der Waals surface area (Å²) in [6, 6.07) is 17.7. The van der Waals surface area contributed by atoms with Gasteiger partial charge in [-0.3, -0.25) is 4.79 Å². The molecule has 2 heterocycles. The zero-order chi connectivity index (χ0) is 23.9. The van der Waals surface area contributed by atoms with Gasteiger partial charge in [-0.2, -0.15) is 5.10 Å². The predicted molar refractivity (Wildman–Crippen MR) is 135 cm³/mol. The number of morpholine rings is 1. The van der Waals surface area contributed by atoms with Crippen LogP contribution in [0.4, 0.5) is 10.1 Å². The molecule has 1 aliphatic carbocycles. The normalized spacial score (nSPS) is 16.0. The van der Waals surface area contributed by atoms with Crippen LogP contribution in [0.25, 0.3) is 27.7 Å². The first kappa shape index (κ1) is 21.8. The van der Waals surface area contributed by atoms with Crippen molar-refractivity contribution >= 4 is 22.5 Å². The summed E-state index contributed by atoms with van der Waals surface area (Å²) in [4.78, 5) is 14.9. The average Bonchev–Trinajstić information content (AvgIpc) is 3.61. The smallest absolute Gasteiger partial charge is 0.251 e. The molecule has 3 aromatic carbocycles. The van der Waals surface area contributed by atoms with E-state index in [1.165, 1.54) is 11.8 Å². The van der Waals surface area contributed by atoms with Crippen LogP contribution in [0.3, 0.4) is 0 Å². The lowest BCUT2D eigenvalue weighted by Crippen LogP contribution is -2.36. The number of hydrogen-bond donors (Lipinski definition) is 1. The van der Waals surface area contributed by atoms with Gasteiger partial charge in [0.05, 0.1) is 30.6 Å². The summed E-state index contributed by atoms with van der Waals surface area (Å²) in [5, 5.41) is 8.51. The summed E-state index contributed by atoms with van der Waals surface area (Å²) < 4.78 is 22.1. The molecule has 1 saturated heterocycles. The van der Waals surface area contributed by atoms with Gasteiger partial charge < -0.3 is 15.0 Å². The van der Waals surface area contributed by atoms with Crippen LogP contribution >= 0.6 is 0 Å². The van der Waals surface area contributed by atoms with Crippen molar-refractivity contribution in [2.24, 2.45) is 0 Å². The van der Waals surface area contributed by atoms with Gasteiger partial charge >= 0.3 is 0 Å². The first-order valence-corrected chi connectivity index (χ1v) is 12.1. The van der Waals surface area contributed by atoms with Crippen molar-refractivity contribution in [3.8, 4) is 16.8 Å². The number of amides is 1. The Morgan fingerprint density at radius 1 is 1.03 bits per heavy atom. The minimum Gasteiger partial charge on any atom is -0.378 e. The third kappa shape index (κ3) is 4.28. The fourth-order valence-electron chi connectivity index (χ4n) is 4.64. The average molecular weight is 471 g/mol. The molecule has 1 saturated carbocycles. The van der Waals surface area contributed by atoms with E-state index in [9.17, 15) is 9.18 Å². The number of benzene rings is 3. The Labute approximate surface area is 203 Å². The third-order valence-corrected chi connectivity index (χ3v) is 6.87. The second-order valence-electron chi connectivity index (χ2n) is 9.32. The molecular weight excluding hydrogens is 443 g/mol. The molecule has 4 aromatic rings. The Morgan fingerprint density at radius 3 is 2.51 bits per heavy atom. The quantitative estimate of drug-likeness (QED) is 0.452. The first-order chi connectivity index (χ1) is 17.1. The van der Waals surface area contributed by atoms with Crippen LogP contribution in [0.15, 0.2) is 60.8 Å². The maximum atomic E-state index is 14.7. The third-order valence-electron chi connectivity index (χ3n) is 6.87. The lowest BCUT2D eigenvalue weighted by atomic mass is 9.96. The molecule has 1 aromatic heterocycles. The molecule has 0 bridgehead atoms. The van der Waals surface area contributed by atoms with E-state index in [1.807, 2.05) is 29.1 Å². The maximum Gasteiger partial charge on any atom is 0.251 e. The molecule has 1 aliphatic heterocycles. The second kappa shape index (κ2) is 8.82. The minimum atomic E-state index is -0.375. The Bertz CT molecular complexity index is 1400. The highest BCUT2D eigenvalue weighted by atomic mass is 19.1. The lowest BCUT2D eigenvalue weighted by molar-refractivity contribution is 0.0950. The van der Waals surface area contributed by atoms with Crippen molar-refractivity contribution in [2.45, 2.75) is 25.8 Å². The second-order valence-corrected chi connectivity index (χ2v) is 9.32. The highest BCUT2D eigenvalue weighted by Gasteiger charge is 2.24. The molecule has 0 radical (unpaired) electrons. The van der Waals surface area contributed by atoms with Gasteiger partial charge in [-0.05, 0) is 85.0 Å². The number of anilines is 1. The Kier molecular flexibility index (Phi) is 5.49. The molecule has 0 atom stereocenters. The van der Waals surface area contributed by atoms with E-state index in [0.29, 0.717) is 11.1 Å². The van der Waals surface area contributed by atoms with Crippen molar-refractivity contribution in [2.75, 3.05) is 31.2 Å². The zero-order valence-electron chi connectivity index (χ0n) is 19.6. The van der Waals surface area contributed by atoms with Crippen molar-refractivity contribution in [3.63, 3.8) is 0 Å². The van der Waals surface area contributed by atoms with E-state index in [-0.39, 0.29) is 17.8 Å². The van der Waals surface area contributed by atoms with E-state index < -0.39 is 0 Å². The Hall–Kier alpha value is -3.71. The maximum absolute atomic E-state index is 14.7. The van der Waals surface area contributed by atoms with E-state index in [1.54, 1.807) is 13.0 Å². The minimum absolute atomic E-state index is 0.220. The first-order valence-electron chi connectivity index (χ1n) is 12.1. The molecule has 1 N–H and O–H groups in total. The van der Waals surface area contributed by atoms with Crippen molar-refractivity contribution in [1.29, 1.82) is 0 Å². The molecule has 35 heavy (non-hydrogen) atoms. The number of ether oxygens (including phenoxy) is 1. The Morgan fingerprint density at radius 2 is 1.77 bits per heavy atom. The topological polar surface area (TPSA) is 59.4 Å². The van der Waals surface area contributed by atoms with Crippen LogP contribution in [-0.4, -0.2) is 48.0 Å². The van der Waals surface area contributed by atoms with Gasteiger partial charge in [-0.15, -0.1) is 0 Å². The van der Waals surface area contributed by atoms with Crippen molar-refractivity contribution in [1.82, 2.24) is 15.1 Å².